The monoisotopic (exact) mass is 306 g/mol. The van der Waals surface area contributed by atoms with Crippen molar-refractivity contribution in [2.24, 2.45) is 0 Å². The summed E-state index contributed by atoms with van der Waals surface area (Å²) < 4.78 is 26.7. The van der Waals surface area contributed by atoms with Gasteiger partial charge in [0.2, 0.25) is 0 Å². The standard InChI is InChI=1S/C15H12F2N2OS/c1-3-9-8(2)21-15(11(9)7-18)19-14(20)10-5-4-6-12(16)13(10)17/h4-6H,3H2,1-2H3,(H,19,20). The van der Waals surface area contributed by atoms with Gasteiger partial charge in [-0.2, -0.15) is 5.26 Å². The number of thiophene rings is 1. The zero-order valence-corrected chi connectivity index (χ0v) is 12.3. The van der Waals surface area contributed by atoms with Gasteiger partial charge in [0.15, 0.2) is 11.6 Å². The van der Waals surface area contributed by atoms with Crippen LogP contribution in [-0.4, -0.2) is 5.91 Å². The van der Waals surface area contributed by atoms with Crippen LogP contribution in [0.15, 0.2) is 18.2 Å². The summed E-state index contributed by atoms with van der Waals surface area (Å²) in [6.07, 6.45) is 0.662. The maximum Gasteiger partial charge on any atom is 0.259 e. The normalized spacial score (nSPS) is 10.2. The lowest BCUT2D eigenvalue weighted by Gasteiger charge is -2.05. The molecule has 3 nitrogen and oxygen atoms in total. The average Bonchev–Trinajstić information content (AvgIpc) is 2.76. The summed E-state index contributed by atoms with van der Waals surface area (Å²) in [5, 5.41) is 12.1. The van der Waals surface area contributed by atoms with Crippen molar-refractivity contribution in [2.45, 2.75) is 20.3 Å². The molecule has 108 valence electrons. The molecule has 1 aromatic heterocycles. The molecular formula is C15H12F2N2OS. The second kappa shape index (κ2) is 6.02. The summed E-state index contributed by atoms with van der Waals surface area (Å²) >= 11 is 1.25. The van der Waals surface area contributed by atoms with Crippen LogP contribution in [-0.2, 0) is 6.42 Å². The lowest BCUT2D eigenvalue weighted by molar-refractivity contribution is 0.102. The van der Waals surface area contributed by atoms with Crippen molar-refractivity contribution < 1.29 is 13.6 Å². The number of rotatable bonds is 3. The molecule has 0 bridgehead atoms. The molecule has 0 radical (unpaired) electrons. The Morgan fingerprint density at radius 2 is 2.14 bits per heavy atom. The van der Waals surface area contributed by atoms with Crippen LogP contribution in [0.4, 0.5) is 13.8 Å². The Labute approximate surface area is 124 Å². The zero-order chi connectivity index (χ0) is 15.6. The number of nitrogens with one attached hydrogen (secondary N) is 1. The molecule has 0 aliphatic heterocycles. The van der Waals surface area contributed by atoms with Crippen molar-refractivity contribution in [3.05, 3.63) is 51.4 Å². The Hall–Kier alpha value is -2.26. The van der Waals surface area contributed by atoms with Crippen molar-refractivity contribution >= 4 is 22.2 Å². The summed E-state index contributed by atoms with van der Waals surface area (Å²) in [6, 6.07) is 5.44. The SMILES string of the molecule is CCc1c(C)sc(NC(=O)c2cccc(F)c2F)c1C#N. The maximum absolute atomic E-state index is 13.6. The molecule has 2 aromatic rings. The van der Waals surface area contributed by atoms with Crippen molar-refractivity contribution in [3.8, 4) is 6.07 Å². The zero-order valence-electron chi connectivity index (χ0n) is 11.5. The Bertz CT molecular complexity index is 747. The summed E-state index contributed by atoms with van der Waals surface area (Å²) in [7, 11) is 0. The Balaban J connectivity index is 2.37. The molecule has 0 saturated carbocycles. The predicted molar refractivity (Wildman–Crippen MR) is 77.5 cm³/mol. The number of anilines is 1. The second-order valence-corrected chi connectivity index (χ2v) is 5.59. The highest BCUT2D eigenvalue weighted by Gasteiger charge is 2.20. The van der Waals surface area contributed by atoms with Crippen LogP contribution < -0.4 is 5.32 Å². The van der Waals surface area contributed by atoms with Crippen LogP contribution in [0, 0.1) is 29.9 Å². The third-order valence-corrected chi connectivity index (χ3v) is 4.16. The van der Waals surface area contributed by atoms with E-state index >= 15 is 0 Å². The number of benzene rings is 1. The molecule has 0 unspecified atom stereocenters. The van der Waals surface area contributed by atoms with E-state index in [4.69, 9.17) is 0 Å². The lowest BCUT2D eigenvalue weighted by Crippen LogP contribution is -2.14. The number of aryl methyl sites for hydroxylation is 1. The third kappa shape index (κ3) is 2.78. The highest BCUT2D eigenvalue weighted by molar-refractivity contribution is 7.16. The molecule has 0 saturated heterocycles. The van der Waals surface area contributed by atoms with Crippen LogP contribution in [0.25, 0.3) is 0 Å². The van der Waals surface area contributed by atoms with E-state index in [1.54, 1.807) is 0 Å². The number of nitrogens with zero attached hydrogens (tertiary/aromatic N) is 1. The van der Waals surface area contributed by atoms with Gasteiger partial charge in [-0.15, -0.1) is 11.3 Å². The Morgan fingerprint density at radius 1 is 1.43 bits per heavy atom. The fraction of sp³-hybridized carbons (Fsp3) is 0.200. The van der Waals surface area contributed by atoms with Gasteiger partial charge in [-0.05, 0) is 31.0 Å². The van der Waals surface area contributed by atoms with E-state index in [1.807, 2.05) is 19.9 Å². The molecule has 2 rings (SSSR count). The average molecular weight is 306 g/mol. The summed E-state index contributed by atoms with van der Waals surface area (Å²) in [5.41, 5.74) is 0.852. The Morgan fingerprint density at radius 3 is 2.76 bits per heavy atom. The third-order valence-electron chi connectivity index (χ3n) is 3.10. The van der Waals surface area contributed by atoms with Crippen molar-refractivity contribution in [1.82, 2.24) is 0 Å². The fourth-order valence-corrected chi connectivity index (χ4v) is 3.15. The molecule has 1 aromatic carbocycles. The number of carbonyl (C=O) groups excluding carboxylic acids is 1. The van der Waals surface area contributed by atoms with Gasteiger partial charge >= 0.3 is 0 Å². The topological polar surface area (TPSA) is 52.9 Å². The number of hydrogen-bond acceptors (Lipinski definition) is 3. The molecule has 0 fully saturated rings. The van der Waals surface area contributed by atoms with E-state index < -0.39 is 17.5 Å². The molecule has 1 heterocycles. The van der Waals surface area contributed by atoms with Crippen molar-refractivity contribution in [3.63, 3.8) is 0 Å². The predicted octanol–water partition coefficient (Wildman–Crippen LogP) is 4.02. The molecule has 0 aliphatic carbocycles. The summed E-state index contributed by atoms with van der Waals surface area (Å²) in [4.78, 5) is 13.0. The van der Waals surface area contributed by atoms with Gasteiger partial charge in [-0.3, -0.25) is 4.79 Å². The minimum absolute atomic E-state index is 0.362. The van der Waals surface area contributed by atoms with Gasteiger partial charge in [0, 0.05) is 4.88 Å². The van der Waals surface area contributed by atoms with Gasteiger partial charge in [-0.25, -0.2) is 8.78 Å². The van der Waals surface area contributed by atoms with E-state index in [1.165, 1.54) is 23.5 Å². The maximum atomic E-state index is 13.6. The largest absolute Gasteiger partial charge is 0.312 e. The first-order valence-electron chi connectivity index (χ1n) is 6.27. The first kappa shape index (κ1) is 15.1. The van der Waals surface area contributed by atoms with Crippen LogP contribution in [0.3, 0.4) is 0 Å². The van der Waals surface area contributed by atoms with E-state index in [9.17, 15) is 18.8 Å². The van der Waals surface area contributed by atoms with E-state index in [-0.39, 0.29) is 5.56 Å². The molecule has 1 N–H and O–H groups in total. The fourth-order valence-electron chi connectivity index (χ4n) is 2.06. The molecule has 1 amide bonds. The number of halogens is 2. The first-order valence-corrected chi connectivity index (χ1v) is 7.09. The molecule has 6 heteroatoms. The summed E-state index contributed by atoms with van der Waals surface area (Å²) in [5.74, 6) is -3.05. The minimum atomic E-state index is -1.20. The van der Waals surface area contributed by atoms with Gasteiger partial charge in [0.05, 0.1) is 11.1 Å². The minimum Gasteiger partial charge on any atom is -0.312 e. The van der Waals surface area contributed by atoms with Gasteiger partial charge < -0.3 is 5.32 Å². The quantitative estimate of drug-likeness (QED) is 0.931. The van der Waals surface area contributed by atoms with Gasteiger partial charge in [-0.1, -0.05) is 13.0 Å². The summed E-state index contributed by atoms with van der Waals surface area (Å²) in [6.45, 7) is 3.76. The lowest BCUT2D eigenvalue weighted by atomic mass is 10.1. The highest BCUT2D eigenvalue weighted by Crippen LogP contribution is 2.33. The highest BCUT2D eigenvalue weighted by atomic mass is 32.1. The molecule has 21 heavy (non-hydrogen) atoms. The van der Waals surface area contributed by atoms with Crippen LogP contribution in [0.5, 0.6) is 0 Å². The van der Waals surface area contributed by atoms with Crippen molar-refractivity contribution in [1.29, 1.82) is 5.26 Å². The number of carbonyl (C=O) groups is 1. The molecule has 0 atom stereocenters. The number of hydrogen-bond donors (Lipinski definition) is 1. The number of amides is 1. The number of nitriles is 1. The second-order valence-electron chi connectivity index (χ2n) is 4.36. The van der Waals surface area contributed by atoms with Crippen LogP contribution in [0.1, 0.15) is 33.3 Å². The van der Waals surface area contributed by atoms with Gasteiger partial charge in [0.25, 0.3) is 5.91 Å². The molecular weight excluding hydrogens is 294 g/mol. The van der Waals surface area contributed by atoms with Gasteiger partial charge in [0.1, 0.15) is 11.1 Å². The van der Waals surface area contributed by atoms with Crippen molar-refractivity contribution in [2.75, 3.05) is 5.32 Å². The first-order chi connectivity index (χ1) is 9.99. The Kier molecular flexibility index (Phi) is 4.34. The van der Waals surface area contributed by atoms with E-state index in [0.29, 0.717) is 17.0 Å². The molecule has 0 aliphatic rings. The van der Waals surface area contributed by atoms with Crippen LogP contribution in [0.2, 0.25) is 0 Å². The van der Waals surface area contributed by atoms with Crippen LogP contribution >= 0.6 is 11.3 Å². The smallest absolute Gasteiger partial charge is 0.259 e. The van der Waals surface area contributed by atoms with E-state index in [2.05, 4.69) is 5.32 Å². The van der Waals surface area contributed by atoms with E-state index in [0.717, 1.165) is 16.5 Å². The molecule has 0 spiro atoms.